The molecule has 4 saturated carbocycles. The van der Waals surface area contributed by atoms with Gasteiger partial charge in [-0.05, 0) is 103 Å². The lowest BCUT2D eigenvalue weighted by Crippen LogP contribution is -2.27. The van der Waals surface area contributed by atoms with Crippen LogP contribution in [0.15, 0.2) is 36.4 Å². The zero-order valence-corrected chi connectivity index (χ0v) is 18.3. The number of rotatable bonds is 7. The summed E-state index contributed by atoms with van der Waals surface area (Å²) in [4.78, 5) is 24.2. The van der Waals surface area contributed by atoms with E-state index in [1.807, 2.05) is 36.4 Å². The Morgan fingerprint density at radius 1 is 0.656 bits per heavy atom. The quantitative estimate of drug-likeness (QED) is 0.524. The van der Waals surface area contributed by atoms with Gasteiger partial charge in [0.15, 0.2) is 0 Å². The fourth-order valence-corrected chi connectivity index (χ4v) is 6.47. The molecule has 6 rings (SSSR count). The summed E-state index contributed by atoms with van der Waals surface area (Å²) >= 11 is 0. The van der Waals surface area contributed by atoms with Crippen molar-refractivity contribution in [1.29, 1.82) is 0 Å². The second-order valence-corrected chi connectivity index (χ2v) is 10.6. The Morgan fingerprint density at radius 2 is 1.16 bits per heavy atom. The van der Waals surface area contributed by atoms with Crippen molar-refractivity contribution in [2.24, 2.45) is 11.8 Å². The van der Waals surface area contributed by atoms with Crippen molar-refractivity contribution in [3.05, 3.63) is 69.8 Å². The van der Waals surface area contributed by atoms with Crippen molar-refractivity contribution in [3.63, 3.8) is 0 Å². The molecular formula is C28H30O4. The van der Waals surface area contributed by atoms with Gasteiger partial charge < -0.3 is 10.2 Å². The van der Waals surface area contributed by atoms with Crippen molar-refractivity contribution in [3.8, 4) is 0 Å². The van der Waals surface area contributed by atoms with Crippen molar-refractivity contribution >= 4 is 11.9 Å². The molecular weight excluding hydrogens is 400 g/mol. The number of carboxylic acid groups (broad SMARTS) is 2. The van der Waals surface area contributed by atoms with Gasteiger partial charge in [0.1, 0.15) is 0 Å². The summed E-state index contributed by atoms with van der Waals surface area (Å²) in [5, 5.41) is 19.9. The van der Waals surface area contributed by atoms with Crippen LogP contribution < -0.4 is 0 Å². The lowest BCUT2D eigenvalue weighted by Gasteiger charge is -2.38. The Kier molecular flexibility index (Phi) is 4.67. The van der Waals surface area contributed by atoms with Crippen molar-refractivity contribution < 1.29 is 19.8 Å². The van der Waals surface area contributed by atoms with E-state index in [2.05, 4.69) is 0 Å². The molecule has 32 heavy (non-hydrogen) atoms. The van der Waals surface area contributed by atoms with E-state index in [1.54, 1.807) is 0 Å². The molecule has 4 fully saturated rings. The Bertz CT molecular complexity index is 1090. The first-order chi connectivity index (χ1) is 15.5. The molecule has 0 aliphatic heterocycles. The van der Waals surface area contributed by atoms with Gasteiger partial charge in [-0.1, -0.05) is 42.8 Å². The zero-order chi connectivity index (χ0) is 22.0. The first kappa shape index (κ1) is 20.0. The van der Waals surface area contributed by atoms with Crippen LogP contribution in [0.5, 0.6) is 0 Å². The minimum Gasteiger partial charge on any atom is -0.478 e. The molecule has 4 nitrogen and oxygen atoms in total. The highest BCUT2D eigenvalue weighted by molar-refractivity contribution is 5.92. The van der Waals surface area contributed by atoms with Crippen LogP contribution in [0, 0.1) is 11.8 Å². The van der Waals surface area contributed by atoms with Gasteiger partial charge in [-0.25, -0.2) is 9.59 Å². The third-order valence-corrected chi connectivity index (χ3v) is 8.71. The standard InChI is InChI=1S/C28H30O4/c29-27(30)25-19(15-4-1-5-15)6-2-8-21(25)17-12-18(13-17)23-14-24(23)22-9-3-7-20(16-10-11-16)26(22)28(31)32/h2-3,6-9,15-18,23-24H,1,4-5,10-14H2,(H,29,30)(H,31,32). The van der Waals surface area contributed by atoms with Gasteiger partial charge in [0.05, 0.1) is 11.1 Å². The number of aromatic carboxylic acids is 2. The second kappa shape index (κ2) is 7.47. The van der Waals surface area contributed by atoms with E-state index in [0.29, 0.717) is 46.6 Å². The Morgan fingerprint density at radius 3 is 1.66 bits per heavy atom. The van der Waals surface area contributed by atoms with Crippen LogP contribution >= 0.6 is 0 Å². The number of carboxylic acids is 2. The summed E-state index contributed by atoms with van der Waals surface area (Å²) in [6.45, 7) is 0. The molecule has 4 aliphatic carbocycles. The van der Waals surface area contributed by atoms with Crippen LogP contribution in [-0.2, 0) is 0 Å². The smallest absolute Gasteiger partial charge is 0.336 e. The van der Waals surface area contributed by atoms with Gasteiger partial charge >= 0.3 is 11.9 Å². The summed E-state index contributed by atoms with van der Waals surface area (Å²) in [5.74, 6) is 1.08. The fourth-order valence-electron chi connectivity index (χ4n) is 6.47. The van der Waals surface area contributed by atoms with Gasteiger partial charge in [0.25, 0.3) is 0 Å². The molecule has 0 radical (unpaired) electrons. The maximum atomic E-state index is 12.1. The van der Waals surface area contributed by atoms with E-state index in [9.17, 15) is 19.8 Å². The third kappa shape index (κ3) is 3.27. The predicted octanol–water partition coefficient (Wildman–Crippen LogP) is 6.53. The van der Waals surface area contributed by atoms with Gasteiger partial charge in [0, 0.05) is 0 Å². The summed E-state index contributed by atoms with van der Waals surface area (Å²) in [7, 11) is 0. The fraction of sp³-hybridized carbons (Fsp3) is 0.500. The Hall–Kier alpha value is -2.62. The zero-order valence-electron chi connectivity index (χ0n) is 18.3. The predicted molar refractivity (Wildman–Crippen MR) is 122 cm³/mol. The number of carbonyl (C=O) groups is 2. The summed E-state index contributed by atoms with van der Waals surface area (Å²) < 4.78 is 0. The van der Waals surface area contributed by atoms with Gasteiger partial charge in [0.2, 0.25) is 0 Å². The monoisotopic (exact) mass is 430 g/mol. The van der Waals surface area contributed by atoms with Gasteiger partial charge in [-0.3, -0.25) is 0 Å². The highest BCUT2D eigenvalue weighted by Crippen LogP contribution is 2.61. The highest BCUT2D eigenvalue weighted by Gasteiger charge is 2.50. The summed E-state index contributed by atoms with van der Waals surface area (Å²) in [6, 6.07) is 12.2. The van der Waals surface area contributed by atoms with Gasteiger partial charge in [-0.2, -0.15) is 0 Å². The lowest BCUT2D eigenvalue weighted by atomic mass is 9.66. The maximum absolute atomic E-state index is 12.1. The molecule has 166 valence electrons. The normalized spacial score (nSPS) is 29.1. The van der Waals surface area contributed by atoms with E-state index in [4.69, 9.17) is 0 Å². The molecule has 0 bridgehead atoms. The average molecular weight is 431 g/mol. The Labute approximate surface area is 188 Å². The molecule has 2 aromatic carbocycles. The Balaban J connectivity index is 1.19. The molecule has 2 unspecified atom stereocenters. The summed E-state index contributed by atoms with van der Waals surface area (Å²) in [5.41, 5.74) is 5.27. The van der Waals surface area contributed by atoms with E-state index in [0.717, 1.165) is 67.2 Å². The molecule has 2 N–H and O–H groups in total. The van der Waals surface area contributed by atoms with Crippen LogP contribution in [0.3, 0.4) is 0 Å². The van der Waals surface area contributed by atoms with E-state index in [1.165, 1.54) is 6.42 Å². The molecule has 4 heteroatoms. The van der Waals surface area contributed by atoms with Crippen molar-refractivity contribution in [1.82, 2.24) is 0 Å². The van der Waals surface area contributed by atoms with E-state index < -0.39 is 11.9 Å². The van der Waals surface area contributed by atoms with Gasteiger partial charge in [-0.15, -0.1) is 0 Å². The second-order valence-electron chi connectivity index (χ2n) is 10.6. The molecule has 0 aromatic heterocycles. The van der Waals surface area contributed by atoms with Crippen LogP contribution in [0.4, 0.5) is 0 Å². The SMILES string of the molecule is O=C(O)c1c(C2CCC2)cccc1C1CC(C2CC2c2cccc(C3CC3)c2C(=O)O)C1. The van der Waals surface area contributed by atoms with Crippen LogP contribution in [0.2, 0.25) is 0 Å². The topological polar surface area (TPSA) is 74.6 Å². The molecule has 0 saturated heterocycles. The highest BCUT2D eigenvalue weighted by atomic mass is 16.4. The molecule has 0 amide bonds. The minimum absolute atomic E-state index is 0.323. The summed E-state index contributed by atoms with van der Waals surface area (Å²) in [6.07, 6.45) is 8.74. The van der Waals surface area contributed by atoms with Crippen molar-refractivity contribution in [2.45, 2.75) is 75.0 Å². The lowest BCUT2D eigenvalue weighted by molar-refractivity contribution is 0.0682. The molecule has 4 aliphatic rings. The third-order valence-electron chi connectivity index (χ3n) is 8.71. The first-order valence-corrected chi connectivity index (χ1v) is 12.2. The maximum Gasteiger partial charge on any atom is 0.336 e. The molecule has 0 heterocycles. The van der Waals surface area contributed by atoms with Crippen LogP contribution in [0.1, 0.15) is 118 Å². The van der Waals surface area contributed by atoms with E-state index >= 15 is 0 Å². The first-order valence-electron chi connectivity index (χ1n) is 12.2. The van der Waals surface area contributed by atoms with Crippen LogP contribution in [-0.4, -0.2) is 22.2 Å². The molecule has 2 aromatic rings. The number of benzene rings is 2. The number of hydrogen-bond donors (Lipinski definition) is 2. The van der Waals surface area contributed by atoms with E-state index in [-0.39, 0.29) is 0 Å². The molecule has 0 spiro atoms. The largest absolute Gasteiger partial charge is 0.478 e. The minimum atomic E-state index is -0.779. The average Bonchev–Trinajstić information content (AvgIpc) is 3.59. The van der Waals surface area contributed by atoms with Crippen molar-refractivity contribution in [2.75, 3.05) is 0 Å². The number of hydrogen-bond acceptors (Lipinski definition) is 2. The van der Waals surface area contributed by atoms with Crippen LogP contribution in [0.25, 0.3) is 0 Å². The molecule has 2 atom stereocenters.